The third-order valence-corrected chi connectivity index (χ3v) is 4.18. The van der Waals surface area contributed by atoms with Crippen molar-refractivity contribution in [3.63, 3.8) is 0 Å². The molecule has 0 aromatic rings. The van der Waals surface area contributed by atoms with Gasteiger partial charge in [-0.2, -0.15) is 0 Å². The van der Waals surface area contributed by atoms with Crippen molar-refractivity contribution in [2.75, 3.05) is 12.8 Å². The molecule has 12 heavy (non-hydrogen) atoms. The van der Waals surface area contributed by atoms with Crippen molar-refractivity contribution in [3.05, 3.63) is 12.8 Å². The van der Waals surface area contributed by atoms with Crippen LogP contribution in [-0.2, 0) is 0 Å². The first-order valence-electron chi connectivity index (χ1n) is 4.67. The van der Waals surface area contributed by atoms with E-state index in [9.17, 15) is 0 Å². The van der Waals surface area contributed by atoms with Crippen LogP contribution in [0.2, 0.25) is 0 Å². The van der Waals surface area contributed by atoms with Crippen molar-refractivity contribution >= 4 is 8.58 Å². The molecule has 0 aliphatic carbocycles. The maximum absolute atomic E-state index is 3.79. The molecule has 0 heterocycles. The molecule has 0 rings (SSSR count). The molecule has 0 aromatic heterocycles. The topological polar surface area (TPSA) is 3.24 Å². The second kappa shape index (κ2) is 5.59. The molecular formula is C10H22NP. The van der Waals surface area contributed by atoms with Crippen LogP contribution in [0.4, 0.5) is 0 Å². The largest absolute Gasteiger partial charge is 0.374 e. The van der Waals surface area contributed by atoms with E-state index >= 15 is 0 Å². The van der Waals surface area contributed by atoms with Crippen molar-refractivity contribution in [1.82, 2.24) is 4.90 Å². The molecule has 0 radical (unpaired) electrons. The Morgan fingerprint density at radius 1 is 1.42 bits per heavy atom. The summed E-state index contributed by atoms with van der Waals surface area (Å²) in [5.74, 6) is 0. The van der Waals surface area contributed by atoms with Crippen molar-refractivity contribution in [3.8, 4) is 0 Å². The Hall–Kier alpha value is -0.0300. The Morgan fingerprint density at radius 3 is 2.33 bits per heavy atom. The second-order valence-electron chi connectivity index (χ2n) is 3.66. The van der Waals surface area contributed by atoms with Crippen LogP contribution in [0.3, 0.4) is 0 Å². The molecule has 0 fully saturated rings. The lowest BCUT2D eigenvalue weighted by Gasteiger charge is -2.27. The predicted octanol–water partition coefficient (Wildman–Crippen LogP) is 3.28. The molecule has 72 valence electrons. The van der Waals surface area contributed by atoms with Gasteiger partial charge in [0.1, 0.15) is 0 Å². The van der Waals surface area contributed by atoms with Gasteiger partial charge in [-0.3, -0.25) is 0 Å². The quantitative estimate of drug-likeness (QED) is 0.577. The Labute approximate surface area is 79.0 Å². The molecule has 1 unspecified atom stereocenters. The highest BCUT2D eigenvalue weighted by Gasteiger charge is 2.14. The zero-order valence-corrected chi connectivity index (χ0v) is 9.85. The molecule has 0 spiro atoms. The highest BCUT2D eigenvalue weighted by molar-refractivity contribution is 7.39. The second-order valence-corrected chi connectivity index (χ2v) is 5.68. The fourth-order valence-corrected chi connectivity index (χ4v) is 1.98. The standard InChI is InChI=1S/C10H22NP/c1-6-10(4,5)12-9-11(7-2)8-3/h7,12H,2,6,8-9H2,1,3-5H3. The molecule has 1 nitrogen and oxygen atoms in total. The van der Waals surface area contributed by atoms with Crippen LogP contribution in [0.1, 0.15) is 34.1 Å². The molecule has 0 saturated heterocycles. The summed E-state index contributed by atoms with van der Waals surface area (Å²) in [4.78, 5) is 2.27. The van der Waals surface area contributed by atoms with Crippen LogP contribution >= 0.6 is 8.58 Å². The summed E-state index contributed by atoms with van der Waals surface area (Å²) in [6, 6.07) is 0. The Balaban J connectivity index is 3.72. The first-order valence-corrected chi connectivity index (χ1v) is 5.88. The van der Waals surface area contributed by atoms with Crippen LogP contribution in [0.25, 0.3) is 0 Å². The summed E-state index contributed by atoms with van der Waals surface area (Å²) in [6.07, 6.45) is 4.37. The fraction of sp³-hybridized carbons (Fsp3) is 0.800. The van der Waals surface area contributed by atoms with E-state index in [0.29, 0.717) is 5.16 Å². The van der Waals surface area contributed by atoms with Crippen LogP contribution in [0.5, 0.6) is 0 Å². The molecule has 0 aromatic carbocycles. The monoisotopic (exact) mass is 187 g/mol. The van der Waals surface area contributed by atoms with E-state index in [4.69, 9.17) is 0 Å². The van der Waals surface area contributed by atoms with E-state index in [1.165, 1.54) is 12.7 Å². The van der Waals surface area contributed by atoms with Crippen LogP contribution in [-0.4, -0.2) is 22.9 Å². The van der Waals surface area contributed by atoms with Gasteiger partial charge in [-0.1, -0.05) is 35.9 Å². The van der Waals surface area contributed by atoms with Crippen LogP contribution < -0.4 is 0 Å². The van der Waals surface area contributed by atoms with E-state index in [1.807, 2.05) is 6.20 Å². The van der Waals surface area contributed by atoms with Crippen molar-refractivity contribution in [1.29, 1.82) is 0 Å². The lowest BCUT2D eigenvalue weighted by molar-refractivity contribution is 0.461. The summed E-state index contributed by atoms with van der Waals surface area (Å²) in [5, 5.41) is 0.510. The van der Waals surface area contributed by atoms with Gasteiger partial charge in [-0.05, 0) is 24.7 Å². The Kier molecular flexibility index (Phi) is 5.57. The van der Waals surface area contributed by atoms with Gasteiger partial charge in [0.25, 0.3) is 0 Å². The Morgan fingerprint density at radius 2 is 2.00 bits per heavy atom. The van der Waals surface area contributed by atoms with E-state index in [-0.39, 0.29) is 0 Å². The summed E-state index contributed by atoms with van der Waals surface area (Å²) < 4.78 is 0. The maximum Gasteiger partial charge on any atom is 0.0347 e. The van der Waals surface area contributed by atoms with Gasteiger partial charge in [0.15, 0.2) is 0 Å². The molecule has 1 atom stereocenters. The first-order chi connectivity index (χ1) is 5.55. The smallest absolute Gasteiger partial charge is 0.0347 e. The van der Waals surface area contributed by atoms with Crippen LogP contribution in [0, 0.1) is 0 Å². The average molecular weight is 187 g/mol. The highest BCUT2D eigenvalue weighted by atomic mass is 31.1. The predicted molar refractivity (Wildman–Crippen MR) is 60.1 cm³/mol. The molecule has 0 saturated carbocycles. The molecule has 0 bridgehead atoms. The van der Waals surface area contributed by atoms with Gasteiger partial charge in [-0.25, -0.2) is 0 Å². The summed E-state index contributed by atoms with van der Waals surface area (Å²) in [7, 11) is 1.01. The molecule has 2 heteroatoms. The SMILES string of the molecule is C=CN(CC)CPC(C)(C)CC. The van der Waals surface area contributed by atoms with Gasteiger partial charge in [0.05, 0.1) is 0 Å². The summed E-state index contributed by atoms with van der Waals surface area (Å²) >= 11 is 0. The van der Waals surface area contributed by atoms with Gasteiger partial charge >= 0.3 is 0 Å². The van der Waals surface area contributed by atoms with E-state index in [2.05, 4.69) is 39.2 Å². The lowest BCUT2D eigenvalue weighted by atomic mass is 10.1. The van der Waals surface area contributed by atoms with E-state index < -0.39 is 0 Å². The summed E-state index contributed by atoms with van der Waals surface area (Å²) in [6.45, 7) is 14.0. The average Bonchev–Trinajstić information content (AvgIpc) is 2.06. The Bertz CT molecular complexity index is 132. The fourth-order valence-electron chi connectivity index (χ4n) is 0.746. The number of rotatable bonds is 6. The minimum absolute atomic E-state index is 0.510. The molecule has 0 N–H and O–H groups in total. The zero-order valence-electron chi connectivity index (χ0n) is 8.85. The minimum atomic E-state index is 0.510. The number of hydrogen-bond acceptors (Lipinski definition) is 1. The maximum atomic E-state index is 3.79. The van der Waals surface area contributed by atoms with Crippen molar-refractivity contribution in [2.24, 2.45) is 0 Å². The molecule has 0 aliphatic heterocycles. The normalized spacial score (nSPS) is 12.3. The third-order valence-electron chi connectivity index (χ3n) is 2.31. The van der Waals surface area contributed by atoms with Crippen molar-refractivity contribution in [2.45, 2.75) is 39.3 Å². The first kappa shape index (κ1) is 12.0. The highest BCUT2D eigenvalue weighted by Crippen LogP contribution is 2.34. The zero-order chi connectivity index (χ0) is 9.61. The van der Waals surface area contributed by atoms with Gasteiger partial charge in [-0.15, -0.1) is 0 Å². The number of hydrogen-bond donors (Lipinski definition) is 0. The van der Waals surface area contributed by atoms with Crippen LogP contribution in [0.15, 0.2) is 12.8 Å². The van der Waals surface area contributed by atoms with Gasteiger partial charge in [0.2, 0.25) is 0 Å². The number of nitrogens with zero attached hydrogens (tertiary/aromatic N) is 1. The van der Waals surface area contributed by atoms with Crippen molar-refractivity contribution < 1.29 is 0 Å². The molecular weight excluding hydrogens is 165 g/mol. The van der Waals surface area contributed by atoms with Gasteiger partial charge in [0, 0.05) is 12.8 Å². The lowest BCUT2D eigenvalue weighted by Crippen LogP contribution is -2.20. The van der Waals surface area contributed by atoms with Gasteiger partial charge < -0.3 is 4.90 Å². The molecule has 0 aliphatic rings. The third kappa shape index (κ3) is 4.77. The van der Waals surface area contributed by atoms with E-state index in [1.54, 1.807) is 0 Å². The summed E-state index contributed by atoms with van der Waals surface area (Å²) in [5.41, 5.74) is 0. The molecule has 0 amide bonds. The minimum Gasteiger partial charge on any atom is -0.374 e. The van der Waals surface area contributed by atoms with E-state index in [0.717, 1.165) is 15.1 Å².